The second-order valence-electron chi connectivity index (χ2n) is 2.92. The quantitative estimate of drug-likeness (QED) is 0.454. The molecule has 0 fully saturated rings. The average molecular weight is 327 g/mol. The van der Waals surface area contributed by atoms with E-state index in [2.05, 4.69) is 26.6 Å². The van der Waals surface area contributed by atoms with Gasteiger partial charge in [0.1, 0.15) is 0 Å². The molecule has 0 aliphatic rings. The molecule has 4 heteroatoms. The SMILES string of the molecule is CCCCOCc1cc[c-]cc1F.[Zn+][Br]. The molecular formula is C11H14BrFOZn. The van der Waals surface area contributed by atoms with Gasteiger partial charge in [-0.1, -0.05) is 18.9 Å². The Morgan fingerprint density at radius 1 is 1.53 bits per heavy atom. The van der Waals surface area contributed by atoms with Crippen LogP contribution in [-0.4, -0.2) is 6.61 Å². The van der Waals surface area contributed by atoms with E-state index in [4.69, 9.17) is 4.74 Å². The van der Waals surface area contributed by atoms with Crippen molar-refractivity contribution in [2.75, 3.05) is 6.61 Å². The van der Waals surface area contributed by atoms with Crippen LogP contribution in [0.1, 0.15) is 25.3 Å². The van der Waals surface area contributed by atoms with Gasteiger partial charge in [0, 0.05) is 12.4 Å². The molecule has 0 bridgehead atoms. The van der Waals surface area contributed by atoms with Gasteiger partial charge in [-0.25, -0.2) is 0 Å². The predicted octanol–water partition coefficient (Wildman–Crippen LogP) is 3.79. The molecule has 1 nitrogen and oxygen atoms in total. The summed E-state index contributed by atoms with van der Waals surface area (Å²) in [5.41, 5.74) is 0.606. The van der Waals surface area contributed by atoms with Gasteiger partial charge in [0.2, 0.25) is 0 Å². The van der Waals surface area contributed by atoms with Gasteiger partial charge in [-0.05, 0) is 6.42 Å². The van der Waals surface area contributed by atoms with E-state index in [1.807, 2.05) is 0 Å². The van der Waals surface area contributed by atoms with Crippen molar-refractivity contribution >= 4 is 13.6 Å². The predicted molar refractivity (Wildman–Crippen MR) is 58.7 cm³/mol. The molecule has 0 spiro atoms. The number of benzene rings is 1. The number of rotatable bonds is 5. The third-order valence-corrected chi connectivity index (χ3v) is 1.80. The first-order valence-corrected chi connectivity index (χ1v) is 11.8. The molecule has 0 N–H and O–H groups in total. The number of hydrogen-bond donors (Lipinski definition) is 0. The van der Waals surface area contributed by atoms with Crippen molar-refractivity contribution in [2.45, 2.75) is 26.4 Å². The van der Waals surface area contributed by atoms with Gasteiger partial charge in [0.05, 0.1) is 6.61 Å². The summed E-state index contributed by atoms with van der Waals surface area (Å²) in [6, 6.07) is 7.40. The van der Waals surface area contributed by atoms with Crippen LogP contribution in [0.15, 0.2) is 18.2 Å². The van der Waals surface area contributed by atoms with Crippen LogP contribution >= 0.6 is 13.6 Å². The maximum atomic E-state index is 13.0. The Morgan fingerprint density at radius 2 is 2.27 bits per heavy atom. The second-order valence-corrected chi connectivity index (χ2v) is 2.92. The number of hydrogen-bond acceptors (Lipinski definition) is 1. The zero-order valence-electron chi connectivity index (χ0n) is 8.93. The maximum absolute atomic E-state index is 13.0. The molecular weight excluding hydrogens is 312 g/mol. The summed E-state index contributed by atoms with van der Waals surface area (Å²) in [4.78, 5) is 0. The van der Waals surface area contributed by atoms with E-state index in [0.717, 1.165) is 12.8 Å². The first kappa shape index (κ1) is 15.2. The molecule has 0 heterocycles. The van der Waals surface area contributed by atoms with Crippen LogP contribution in [0.2, 0.25) is 0 Å². The van der Waals surface area contributed by atoms with E-state index < -0.39 is 0 Å². The molecule has 15 heavy (non-hydrogen) atoms. The Morgan fingerprint density at radius 3 is 2.87 bits per heavy atom. The van der Waals surface area contributed by atoms with Crippen LogP contribution in [0.3, 0.4) is 0 Å². The zero-order valence-corrected chi connectivity index (χ0v) is 13.5. The molecule has 1 rings (SSSR count). The number of halogens is 2. The number of unbranched alkanes of at least 4 members (excludes halogenated alkanes) is 1. The van der Waals surface area contributed by atoms with Gasteiger partial charge in [0.15, 0.2) is 0 Å². The topological polar surface area (TPSA) is 9.23 Å². The van der Waals surface area contributed by atoms with Crippen molar-refractivity contribution in [2.24, 2.45) is 0 Å². The molecule has 0 aliphatic heterocycles. The van der Waals surface area contributed by atoms with E-state index in [-0.39, 0.29) is 5.82 Å². The molecule has 0 aromatic heterocycles. The first-order chi connectivity index (χ1) is 7.34. The Kier molecular flexibility index (Phi) is 10.9. The molecule has 0 aliphatic carbocycles. The fraction of sp³-hybridized carbons (Fsp3) is 0.455. The van der Waals surface area contributed by atoms with E-state index in [1.165, 1.54) is 22.4 Å². The van der Waals surface area contributed by atoms with Crippen molar-refractivity contribution in [1.29, 1.82) is 0 Å². The van der Waals surface area contributed by atoms with Crippen LogP contribution < -0.4 is 0 Å². The molecule has 0 atom stereocenters. The summed E-state index contributed by atoms with van der Waals surface area (Å²) in [6.45, 7) is 3.16. The van der Waals surface area contributed by atoms with Gasteiger partial charge in [-0.15, -0.1) is 6.07 Å². The van der Waals surface area contributed by atoms with Crippen molar-refractivity contribution < 1.29 is 25.5 Å². The second kappa shape index (κ2) is 10.7. The fourth-order valence-corrected chi connectivity index (χ4v) is 0.988. The van der Waals surface area contributed by atoms with Crippen LogP contribution in [0, 0.1) is 11.9 Å². The molecule has 0 saturated carbocycles. The Labute approximate surface area is 107 Å². The molecule has 0 radical (unpaired) electrons. The van der Waals surface area contributed by atoms with Crippen molar-refractivity contribution in [1.82, 2.24) is 0 Å². The molecule has 1 aromatic rings. The summed E-state index contributed by atoms with van der Waals surface area (Å²) < 4.78 is 18.3. The average Bonchev–Trinajstić information content (AvgIpc) is 2.29. The summed E-state index contributed by atoms with van der Waals surface area (Å²) in [5.74, 6) is -0.237. The van der Waals surface area contributed by atoms with Gasteiger partial charge in [-0.3, -0.25) is 4.39 Å². The minimum atomic E-state index is -0.237. The zero-order chi connectivity index (χ0) is 11.5. The third kappa shape index (κ3) is 7.16. The molecule has 80 valence electrons. The molecule has 1 aromatic carbocycles. The fourth-order valence-electron chi connectivity index (χ4n) is 0.988. The Balaban J connectivity index is 0.000000921. The summed E-state index contributed by atoms with van der Waals surface area (Å²) in [7, 11) is 0. The van der Waals surface area contributed by atoms with Gasteiger partial charge in [-0.2, -0.15) is 18.2 Å². The summed E-state index contributed by atoms with van der Waals surface area (Å²) in [5, 5.41) is 0. The van der Waals surface area contributed by atoms with Gasteiger partial charge in [0.25, 0.3) is 0 Å². The monoisotopic (exact) mass is 324 g/mol. The molecule has 0 amide bonds. The van der Waals surface area contributed by atoms with Crippen molar-refractivity contribution in [3.63, 3.8) is 0 Å². The van der Waals surface area contributed by atoms with E-state index in [9.17, 15) is 4.39 Å². The first-order valence-electron chi connectivity index (χ1n) is 4.83. The summed E-state index contributed by atoms with van der Waals surface area (Å²) >= 11 is 4.25. The van der Waals surface area contributed by atoms with Crippen LogP contribution in [-0.2, 0) is 27.7 Å². The Hall–Kier alpha value is 0.213. The number of ether oxygens (including phenoxy) is 1. The van der Waals surface area contributed by atoms with E-state index >= 15 is 0 Å². The van der Waals surface area contributed by atoms with Crippen LogP contribution in [0.5, 0.6) is 0 Å². The van der Waals surface area contributed by atoms with Crippen molar-refractivity contribution in [3.8, 4) is 0 Å². The van der Waals surface area contributed by atoms with Crippen LogP contribution in [0.4, 0.5) is 4.39 Å². The van der Waals surface area contributed by atoms with Gasteiger partial charge >= 0.3 is 30.0 Å². The van der Waals surface area contributed by atoms with E-state index in [1.54, 1.807) is 12.1 Å². The standard InChI is InChI=1S/C11H14FO.BrH.Zn/c1-2-3-8-13-9-10-6-4-5-7-11(10)12;;/h4,6-7H,2-3,8-9H2,1H3;1H;/q-1;;+2/p-1. The van der Waals surface area contributed by atoms with Crippen molar-refractivity contribution in [3.05, 3.63) is 35.6 Å². The third-order valence-electron chi connectivity index (χ3n) is 1.80. The summed E-state index contributed by atoms with van der Waals surface area (Å²) in [6.07, 6.45) is 2.13. The molecule has 0 unspecified atom stereocenters. The van der Waals surface area contributed by atoms with E-state index in [0.29, 0.717) is 18.8 Å². The molecule has 0 saturated heterocycles. The Bertz CT molecular complexity index is 258. The minimum absolute atomic E-state index is 0.237. The normalized spacial score (nSPS) is 9.40. The van der Waals surface area contributed by atoms with Gasteiger partial charge < -0.3 is 4.74 Å². The van der Waals surface area contributed by atoms with Crippen LogP contribution in [0.25, 0.3) is 0 Å².